The van der Waals surface area contributed by atoms with Crippen LogP contribution in [0.2, 0.25) is 0 Å². The monoisotopic (exact) mass is 191 g/mol. The van der Waals surface area contributed by atoms with Crippen molar-refractivity contribution in [1.82, 2.24) is 4.90 Å². The fraction of sp³-hybridized carbons (Fsp3) is 0.636. The molecule has 0 aromatic carbocycles. The molecule has 0 radical (unpaired) electrons. The Balaban J connectivity index is 1.62. The van der Waals surface area contributed by atoms with Gasteiger partial charge in [-0.25, -0.2) is 0 Å². The fourth-order valence-corrected chi connectivity index (χ4v) is 2.86. The first-order chi connectivity index (χ1) is 6.74. The van der Waals surface area contributed by atoms with E-state index < -0.39 is 0 Å². The van der Waals surface area contributed by atoms with Gasteiger partial charge >= 0.3 is 0 Å². The van der Waals surface area contributed by atoms with Crippen molar-refractivity contribution in [3.8, 4) is 0 Å². The maximum Gasteiger partial charge on any atom is 0.253 e. The first kappa shape index (κ1) is 8.21. The molecule has 2 atom stereocenters. The zero-order chi connectivity index (χ0) is 9.71. The maximum atomic E-state index is 11.3. The topological polar surface area (TPSA) is 37.4 Å². The second kappa shape index (κ2) is 2.69. The highest BCUT2D eigenvalue weighted by Crippen LogP contribution is 2.54. The van der Waals surface area contributed by atoms with Crippen molar-refractivity contribution in [3.05, 3.63) is 12.2 Å². The highest BCUT2D eigenvalue weighted by molar-refractivity contribution is 6.12. The van der Waals surface area contributed by atoms with Crippen molar-refractivity contribution in [2.24, 2.45) is 17.8 Å². The average Bonchev–Trinajstić information content (AvgIpc) is 2.66. The van der Waals surface area contributed by atoms with Crippen LogP contribution < -0.4 is 0 Å². The molecule has 3 aliphatic rings. The molecule has 2 saturated carbocycles. The second-order valence-electron chi connectivity index (χ2n) is 4.71. The van der Waals surface area contributed by atoms with Crippen LogP contribution in [0.15, 0.2) is 12.2 Å². The van der Waals surface area contributed by atoms with Crippen molar-refractivity contribution in [1.29, 1.82) is 0 Å². The summed E-state index contributed by atoms with van der Waals surface area (Å²) in [6.45, 7) is 0.650. The highest BCUT2D eigenvalue weighted by atomic mass is 16.2. The van der Waals surface area contributed by atoms with E-state index in [2.05, 4.69) is 0 Å². The molecule has 2 amide bonds. The van der Waals surface area contributed by atoms with Crippen LogP contribution >= 0.6 is 0 Å². The van der Waals surface area contributed by atoms with Gasteiger partial charge in [-0.2, -0.15) is 0 Å². The molecule has 0 aromatic rings. The minimum absolute atomic E-state index is 0.129. The first-order valence-electron chi connectivity index (χ1n) is 5.27. The Bertz CT molecular complexity index is 306. The fourth-order valence-electron chi connectivity index (χ4n) is 2.86. The van der Waals surface area contributed by atoms with Gasteiger partial charge in [0.1, 0.15) is 0 Å². The Morgan fingerprint density at radius 3 is 2.21 bits per heavy atom. The lowest BCUT2D eigenvalue weighted by Gasteiger charge is -2.19. The van der Waals surface area contributed by atoms with Gasteiger partial charge in [-0.05, 0) is 37.0 Å². The zero-order valence-electron chi connectivity index (χ0n) is 7.98. The molecule has 2 aliphatic carbocycles. The molecular weight excluding hydrogens is 178 g/mol. The van der Waals surface area contributed by atoms with Crippen LogP contribution in [0.25, 0.3) is 0 Å². The molecule has 3 rings (SSSR count). The van der Waals surface area contributed by atoms with Crippen LogP contribution in [-0.2, 0) is 9.59 Å². The number of hydrogen-bond donors (Lipinski definition) is 0. The van der Waals surface area contributed by atoms with Crippen LogP contribution in [0.3, 0.4) is 0 Å². The van der Waals surface area contributed by atoms with E-state index in [1.807, 2.05) is 0 Å². The quantitative estimate of drug-likeness (QED) is 0.609. The van der Waals surface area contributed by atoms with Gasteiger partial charge in [-0.3, -0.25) is 14.5 Å². The lowest BCUT2D eigenvalue weighted by molar-refractivity contribution is -0.137. The third-order valence-electron chi connectivity index (χ3n) is 3.68. The lowest BCUT2D eigenvalue weighted by Crippen LogP contribution is -2.34. The smallest absolute Gasteiger partial charge is 0.253 e. The van der Waals surface area contributed by atoms with E-state index in [-0.39, 0.29) is 11.8 Å². The molecule has 3 nitrogen and oxygen atoms in total. The summed E-state index contributed by atoms with van der Waals surface area (Å²) in [7, 11) is 0. The number of amides is 2. The summed E-state index contributed by atoms with van der Waals surface area (Å²) < 4.78 is 0. The van der Waals surface area contributed by atoms with E-state index >= 15 is 0 Å². The van der Waals surface area contributed by atoms with Gasteiger partial charge in [0.05, 0.1) is 0 Å². The summed E-state index contributed by atoms with van der Waals surface area (Å²) in [4.78, 5) is 24.0. The molecule has 0 saturated heterocycles. The van der Waals surface area contributed by atoms with Gasteiger partial charge in [-0.1, -0.05) is 0 Å². The van der Waals surface area contributed by atoms with Gasteiger partial charge in [0.15, 0.2) is 0 Å². The average molecular weight is 191 g/mol. The highest BCUT2D eigenvalue weighted by Gasteiger charge is 2.46. The van der Waals surface area contributed by atoms with E-state index in [0.29, 0.717) is 12.5 Å². The van der Waals surface area contributed by atoms with Gasteiger partial charge in [0, 0.05) is 18.7 Å². The third-order valence-corrected chi connectivity index (χ3v) is 3.68. The molecule has 14 heavy (non-hydrogen) atoms. The van der Waals surface area contributed by atoms with Crippen molar-refractivity contribution < 1.29 is 9.59 Å². The van der Waals surface area contributed by atoms with Gasteiger partial charge in [0.25, 0.3) is 11.8 Å². The first-order valence-corrected chi connectivity index (χ1v) is 5.27. The van der Waals surface area contributed by atoms with E-state index in [4.69, 9.17) is 0 Å². The minimum atomic E-state index is -0.129. The summed E-state index contributed by atoms with van der Waals surface area (Å²) in [5.41, 5.74) is 0. The Kier molecular flexibility index (Phi) is 1.58. The molecule has 0 bridgehead atoms. The molecule has 2 fully saturated rings. The minimum Gasteiger partial charge on any atom is -0.275 e. The van der Waals surface area contributed by atoms with Crippen LogP contribution in [0.5, 0.6) is 0 Å². The second-order valence-corrected chi connectivity index (χ2v) is 4.71. The van der Waals surface area contributed by atoms with E-state index in [0.717, 1.165) is 11.8 Å². The summed E-state index contributed by atoms with van der Waals surface area (Å²) in [6, 6.07) is 0. The van der Waals surface area contributed by atoms with Crippen LogP contribution in [0, 0.1) is 17.8 Å². The summed E-state index contributed by atoms with van der Waals surface area (Å²) in [5, 5.41) is 0. The molecule has 1 heterocycles. The van der Waals surface area contributed by atoms with Crippen LogP contribution in [0.1, 0.15) is 19.3 Å². The lowest BCUT2D eigenvalue weighted by atomic mass is 10.0. The maximum absolute atomic E-state index is 11.3. The van der Waals surface area contributed by atoms with E-state index in [9.17, 15) is 9.59 Å². The SMILES string of the molecule is O=C1C=CC(=O)N1CC1CC2CC2C1. The Hall–Kier alpha value is -1.12. The largest absolute Gasteiger partial charge is 0.275 e. The molecule has 1 aliphatic heterocycles. The summed E-state index contributed by atoms with van der Waals surface area (Å²) in [5.74, 6) is 2.15. The summed E-state index contributed by atoms with van der Waals surface area (Å²) in [6.07, 6.45) is 6.58. The molecular formula is C11H13NO2. The predicted octanol–water partition coefficient (Wildman–Crippen LogP) is 0.957. The molecule has 0 aromatic heterocycles. The van der Waals surface area contributed by atoms with Crippen molar-refractivity contribution in [3.63, 3.8) is 0 Å². The van der Waals surface area contributed by atoms with Crippen LogP contribution in [-0.4, -0.2) is 23.3 Å². The van der Waals surface area contributed by atoms with Crippen LogP contribution in [0.4, 0.5) is 0 Å². The molecule has 74 valence electrons. The summed E-state index contributed by atoms with van der Waals surface area (Å²) >= 11 is 0. The molecule has 0 N–H and O–H groups in total. The Morgan fingerprint density at radius 2 is 1.64 bits per heavy atom. The molecule has 3 heteroatoms. The number of nitrogens with zero attached hydrogens (tertiary/aromatic N) is 1. The molecule has 0 spiro atoms. The van der Waals surface area contributed by atoms with Crippen molar-refractivity contribution in [2.75, 3.05) is 6.54 Å². The Labute approximate surface area is 82.8 Å². The number of rotatable bonds is 2. The number of carbonyl (C=O) groups excluding carboxylic acids is 2. The number of imide groups is 1. The predicted molar refractivity (Wildman–Crippen MR) is 50.2 cm³/mol. The standard InChI is InChI=1S/C11H13NO2/c13-10-1-2-11(14)12(10)6-7-3-8-5-9(8)4-7/h1-2,7-9H,3-6H2. The van der Waals surface area contributed by atoms with Crippen molar-refractivity contribution >= 4 is 11.8 Å². The van der Waals surface area contributed by atoms with Gasteiger partial charge < -0.3 is 0 Å². The number of hydrogen-bond acceptors (Lipinski definition) is 2. The van der Waals surface area contributed by atoms with Crippen molar-refractivity contribution in [2.45, 2.75) is 19.3 Å². The Morgan fingerprint density at radius 1 is 1.07 bits per heavy atom. The normalized spacial score (nSPS) is 39.4. The third kappa shape index (κ3) is 1.19. The van der Waals surface area contributed by atoms with E-state index in [1.54, 1.807) is 0 Å². The van der Waals surface area contributed by atoms with E-state index in [1.165, 1.54) is 36.3 Å². The van der Waals surface area contributed by atoms with Gasteiger partial charge in [-0.15, -0.1) is 0 Å². The number of carbonyl (C=O) groups is 2. The van der Waals surface area contributed by atoms with Gasteiger partial charge in [0.2, 0.25) is 0 Å². The molecule has 2 unspecified atom stereocenters. The number of fused-ring (bicyclic) bond motifs is 1. The zero-order valence-corrected chi connectivity index (χ0v) is 7.98.